The molecule has 0 spiro atoms. The summed E-state index contributed by atoms with van der Waals surface area (Å²) in [5.74, 6) is -1.57. The average Bonchev–Trinajstić information content (AvgIpc) is 2.45. The van der Waals surface area contributed by atoms with Crippen molar-refractivity contribution in [2.24, 2.45) is 5.73 Å². The van der Waals surface area contributed by atoms with E-state index in [4.69, 9.17) is 5.73 Å². The van der Waals surface area contributed by atoms with Crippen molar-refractivity contribution in [1.82, 2.24) is 4.98 Å². The SMILES string of the molecule is NCC(Cc1ccccn1)(C(=O)O)c1cccc(F)c1. The Morgan fingerprint density at radius 1 is 1.30 bits per heavy atom. The number of carboxylic acids is 1. The van der Waals surface area contributed by atoms with E-state index in [0.717, 1.165) is 0 Å². The lowest BCUT2D eigenvalue weighted by atomic mass is 9.76. The smallest absolute Gasteiger partial charge is 0.315 e. The Kier molecular flexibility index (Phi) is 4.10. The highest BCUT2D eigenvalue weighted by Crippen LogP contribution is 2.28. The fourth-order valence-corrected chi connectivity index (χ4v) is 2.18. The van der Waals surface area contributed by atoms with Crippen molar-refractivity contribution in [2.45, 2.75) is 11.8 Å². The van der Waals surface area contributed by atoms with Gasteiger partial charge in [-0.05, 0) is 29.8 Å². The average molecular weight is 274 g/mol. The zero-order valence-electron chi connectivity index (χ0n) is 10.8. The molecule has 4 nitrogen and oxygen atoms in total. The molecule has 0 saturated heterocycles. The van der Waals surface area contributed by atoms with Gasteiger partial charge in [0.15, 0.2) is 0 Å². The van der Waals surface area contributed by atoms with E-state index >= 15 is 0 Å². The number of carboxylic acid groups (broad SMARTS) is 1. The Morgan fingerprint density at radius 2 is 2.10 bits per heavy atom. The largest absolute Gasteiger partial charge is 0.481 e. The summed E-state index contributed by atoms with van der Waals surface area (Å²) in [5, 5.41) is 9.60. The van der Waals surface area contributed by atoms with Gasteiger partial charge in [0.2, 0.25) is 0 Å². The molecule has 1 atom stereocenters. The van der Waals surface area contributed by atoms with E-state index in [0.29, 0.717) is 11.3 Å². The number of halogens is 1. The van der Waals surface area contributed by atoms with Crippen molar-refractivity contribution in [3.8, 4) is 0 Å². The number of benzene rings is 1. The number of aromatic nitrogens is 1. The molecule has 20 heavy (non-hydrogen) atoms. The van der Waals surface area contributed by atoms with Gasteiger partial charge in [-0.1, -0.05) is 18.2 Å². The first-order valence-corrected chi connectivity index (χ1v) is 6.18. The lowest BCUT2D eigenvalue weighted by Gasteiger charge is -2.28. The maximum absolute atomic E-state index is 13.4. The molecule has 1 aromatic heterocycles. The number of aliphatic carboxylic acids is 1. The van der Waals surface area contributed by atoms with Crippen molar-refractivity contribution in [2.75, 3.05) is 6.54 Å². The second kappa shape index (κ2) is 5.79. The molecule has 2 aromatic rings. The molecule has 0 radical (unpaired) electrons. The van der Waals surface area contributed by atoms with E-state index < -0.39 is 17.2 Å². The predicted octanol–water partition coefficient (Wildman–Crippen LogP) is 1.74. The first kappa shape index (κ1) is 14.1. The molecule has 3 N–H and O–H groups in total. The van der Waals surface area contributed by atoms with Crippen LogP contribution >= 0.6 is 0 Å². The summed E-state index contributed by atoms with van der Waals surface area (Å²) in [7, 11) is 0. The van der Waals surface area contributed by atoms with Gasteiger partial charge >= 0.3 is 5.97 Å². The van der Waals surface area contributed by atoms with Gasteiger partial charge in [0.25, 0.3) is 0 Å². The number of carbonyl (C=O) groups is 1. The third-order valence-corrected chi connectivity index (χ3v) is 3.34. The van der Waals surface area contributed by atoms with Crippen LogP contribution in [0.3, 0.4) is 0 Å². The quantitative estimate of drug-likeness (QED) is 0.870. The molecule has 0 aliphatic rings. The Bertz CT molecular complexity index is 604. The lowest BCUT2D eigenvalue weighted by Crippen LogP contribution is -2.45. The summed E-state index contributed by atoms with van der Waals surface area (Å²) in [4.78, 5) is 15.9. The molecule has 1 heterocycles. The van der Waals surface area contributed by atoms with Crippen molar-refractivity contribution in [3.05, 3.63) is 65.7 Å². The summed E-state index contributed by atoms with van der Waals surface area (Å²) < 4.78 is 13.4. The number of pyridine rings is 1. The summed E-state index contributed by atoms with van der Waals surface area (Å²) in [6.45, 7) is -0.137. The van der Waals surface area contributed by atoms with Gasteiger partial charge < -0.3 is 10.8 Å². The van der Waals surface area contributed by atoms with Crippen LogP contribution in [-0.2, 0) is 16.6 Å². The summed E-state index contributed by atoms with van der Waals surface area (Å²) in [6, 6.07) is 10.8. The molecule has 0 saturated carbocycles. The molecule has 1 unspecified atom stereocenters. The molecule has 5 heteroatoms. The second-order valence-electron chi connectivity index (χ2n) is 4.60. The predicted molar refractivity (Wildman–Crippen MR) is 72.7 cm³/mol. The van der Waals surface area contributed by atoms with Gasteiger partial charge in [-0.25, -0.2) is 4.39 Å². The minimum Gasteiger partial charge on any atom is -0.481 e. The monoisotopic (exact) mass is 274 g/mol. The highest BCUT2D eigenvalue weighted by atomic mass is 19.1. The molecule has 0 fully saturated rings. The van der Waals surface area contributed by atoms with Crippen LogP contribution in [0.2, 0.25) is 0 Å². The third kappa shape index (κ3) is 2.67. The van der Waals surface area contributed by atoms with Crippen LogP contribution in [0, 0.1) is 5.82 Å². The van der Waals surface area contributed by atoms with Crippen molar-refractivity contribution in [3.63, 3.8) is 0 Å². The third-order valence-electron chi connectivity index (χ3n) is 3.34. The van der Waals surface area contributed by atoms with E-state index in [1.807, 2.05) is 0 Å². The minimum atomic E-state index is -1.38. The van der Waals surface area contributed by atoms with Crippen molar-refractivity contribution < 1.29 is 14.3 Å². The number of hydrogen-bond acceptors (Lipinski definition) is 3. The van der Waals surface area contributed by atoms with Crippen LogP contribution in [-0.4, -0.2) is 22.6 Å². The van der Waals surface area contributed by atoms with Gasteiger partial charge in [-0.2, -0.15) is 0 Å². The topological polar surface area (TPSA) is 76.2 Å². The van der Waals surface area contributed by atoms with Crippen LogP contribution in [0.25, 0.3) is 0 Å². The van der Waals surface area contributed by atoms with Gasteiger partial charge in [-0.3, -0.25) is 9.78 Å². The van der Waals surface area contributed by atoms with E-state index in [9.17, 15) is 14.3 Å². The van der Waals surface area contributed by atoms with E-state index in [2.05, 4.69) is 4.98 Å². The zero-order chi connectivity index (χ0) is 14.6. The van der Waals surface area contributed by atoms with Crippen LogP contribution in [0.15, 0.2) is 48.7 Å². The molecule has 0 amide bonds. The Balaban J connectivity index is 2.48. The maximum Gasteiger partial charge on any atom is 0.315 e. The number of nitrogens with zero attached hydrogens (tertiary/aromatic N) is 1. The molecule has 104 valence electrons. The normalized spacial score (nSPS) is 13.7. The molecule has 1 aromatic carbocycles. The summed E-state index contributed by atoms with van der Waals surface area (Å²) in [5.41, 5.74) is 5.28. The zero-order valence-corrected chi connectivity index (χ0v) is 10.8. The minimum absolute atomic E-state index is 0.114. The van der Waals surface area contributed by atoms with Gasteiger partial charge in [-0.15, -0.1) is 0 Å². The van der Waals surface area contributed by atoms with Crippen molar-refractivity contribution in [1.29, 1.82) is 0 Å². The first-order chi connectivity index (χ1) is 9.58. The van der Waals surface area contributed by atoms with Crippen molar-refractivity contribution >= 4 is 5.97 Å². The van der Waals surface area contributed by atoms with Gasteiger partial charge in [0, 0.05) is 24.9 Å². The molecule has 2 rings (SSSR count). The maximum atomic E-state index is 13.4. The standard InChI is InChI=1S/C15H15FN2O2/c16-12-5-3-4-11(8-12)15(10-17,14(19)20)9-13-6-1-2-7-18-13/h1-8H,9-10,17H2,(H,19,20). The van der Waals surface area contributed by atoms with E-state index in [1.54, 1.807) is 30.5 Å². The molecule has 0 aliphatic heterocycles. The van der Waals surface area contributed by atoms with Gasteiger partial charge in [0.1, 0.15) is 11.2 Å². The first-order valence-electron chi connectivity index (χ1n) is 6.18. The fraction of sp³-hybridized carbons (Fsp3) is 0.200. The molecule has 0 aliphatic carbocycles. The fourth-order valence-electron chi connectivity index (χ4n) is 2.18. The molecule has 0 bridgehead atoms. The van der Waals surface area contributed by atoms with Crippen LogP contribution < -0.4 is 5.73 Å². The Morgan fingerprint density at radius 3 is 2.65 bits per heavy atom. The van der Waals surface area contributed by atoms with Crippen LogP contribution in [0.4, 0.5) is 4.39 Å². The number of hydrogen-bond donors (Lipinski definition) is 2. The van der Waals surface area contributed by atoms with E-state index in [1.165, 1.54) is 18.2 Å². The Labute approximate surface area is 116 Å². The summed E-state index contributed by atoms with van der Waals surface area (Å²) in [6.07, 6.45) is 1.70. The highest BCUT2D eigenvalue weighted by molar-refractivity contribution is 5.82. The molecular weight excluding hydrogens is 259 g/mol. The number of nitrogens with two attached hydrogens (primary N) is 1. The summed E-state index contributed by atoms with van der Waals surface area (Å²) >= 11 is 0. The second-order valence-corrected chi connectivity index (χ2v) is 4.60. The highest BCUT2D eigenvalue weighted by Gasteiger charge is 2.40. The van der Waals surface area contributed by atoms with Crippen LogP contribution in [0.5, 0.6) is 0 Å². The van der Waals surface area contributed by atoms with Crippen LogP contribution in [0.1, 0.15) is 11.3 Å². The lowest BCUT2D eigenvalue weighted by molar-refractivity contribution is -0.143. The van der Waals surface area contributed by atoms with Gasteiger partial charge in [0.05, 0.1) is 0 Å². The Hall–Kier alpha value is -2.27. The van der Waals surface area contributed by atoms with E-state index in [-0.39, 0.29) is 13.0 Å². The molecular formula is C15H15FN2O2. The number of rotatable bonds is 5.